The van der Waals surface area contributed by atoms with Crippen molar-refractivity contribution < 1.29 is 4.79 Å². The van der Waals surface area contributed by atoms with Crippen LogP contribution in [-0.2, 0) is 4.79 Å². The summed E-state index contributed by atoms with van der Waals surface area (Å²) in [5.74, 6) is 0.909. The second kappa shape index (κ2) is 6.66. The van der Waals surface area contributed by atoms with Gasteiger partial charge in [0.25, 0.3) is 0 Å². The maximum absolute atomic E-state index is 12.0. The number of nitrogens with zero attached hydrogens (tertiary/aromatic N) is 3. The van der Waals surface area contributed by atoms with Gasteiger partial charge in [-0.3, -0.25) is 9.36 Å². The third-order valence-electron chi connectivity index (χ3n) is 3.39. The molecule has 3 rings (SSSR count). The number of amides is 1. The topological polar surface area (TPSA) is 59.8 Å². The number of nitrogens with one attached hydrogen (secondary N) is 1. The van der Waals surface area contributed by atoms with Gasteiger partial charge in [-0.1, -0.05) is 23.9 Å². The number of carbonyl (C=O) groups excluding carboxylic acids is 1. The van der Waals surface area contributed by atoms with Crippen molar-refractivity contribution in [2.45, 2.75) is 36.2 Å². The first kappa shape index (κ1) is 15.3. The third kappa shape index (κ3) is 3.25. The first-order valence-corrected chi connectivity index (χ1v) is 9.00. The van der Waals surface area contributed by atoms with Gasteiger partial charge in [0.2, 0.25) is 5.91 Å². The van der Waals surface area contributed by atoms with E-state index in [1.165, 1.54) is 11.8 Å². The Bertz CT molecular complexity index is 661. The van der Waals surface area contributed by atoms with E-state index >= 15 is 0 Å². The smallest absolute Gasteiger partial charge is 0.233 e. The molecule has 2 aromatic rings. The normalized spacial score (nSPS) is 15.5. The largest absolute Gasteiger partial charge is 0.352 e. The van der Waals surface area contributed by atoms with E-state index < -0.39 is 0 Å². The van der Waals surface area contributed by atoms with Crippen LogP contribution >= 0.6 is 23.1 Å². The molecular formula is C15H18N4OS2. The molecule has 7 heteroatoms. The van der Waals surface area contributed by atoms with Gasteiger partial charge in [0.05, 0.1) is 10.1 Å². The molecule has 2 heterocycles. The van der Waals surface area contributed by atoms with E-state index in [9.17, 15) is 4.79 Å². The Morgan fingerprint density at radius 2 is 2.45 bits per heavy atom. The zero-order valence-electron chi connectivity index (χ0n) is 12.4. The summed E-state index contributed by atoms with van der Waals surface area (Å²) in [5.41, 5.74) is 0. The summed E-state index contributed by atoms with van der Waals surface area (Å²) >= 11 is 3.12. The highest BCUT2D eigenvalue weighted by Gasteiger charge is 2.31. The average Bonchev–Trinajstić information content (AvgIpc) is 3.04. The van der Waals surface area contributed by atoms with E-state index in [-0.39, 0.29) is 11.2 Å². The lowest BCUT2D eigenvalue weighted by Crippen LogP contribution is -2.31. The van der Waals surface area contributed by atoms with Crippen LogP contribution in [-0.4, -0.2) is 32.5 Å². The van der Waals surface area contributed by atoms with E-state index in [0.717, 1.165) is 28.7 Å². The highest BCUT2D eigenvalue weighted by atomic mass is 32.2. The fraction of sp³-hybridized carbons (Fsp3) is 0.400. The molecule has 22 heavy (non-hydrogen) atoms. The van der Waals surface area contributed by atoms with Crippen LogP contribution in [0.1, 0.15) is 25.8 Å². The van der Waals surface area contributed by atoms with Crippen LogP contribution in [0.25, 0.3) is 10.7 Å². The van der Waals surface area contributed by atoms with E-state index in [1.807, 2.05) is 18.4 Å². The molecule has 0 saturated heterocycles. The van der Waals surface area contributed by atoms with Gasteiger partial charge >= 0.3 is 0 Å². The van der Waals surface area contributed by atoms with Gasteiger partial charge in [0.15, 0.2) is 11.0 Å². The van der Waals surface area contributed by atoms with Crippen molar-refractivity contribution in [3.05, 3.63) is 30.2 Å². The van der Waals surface area contributed by atoms with Crippen LogP contribution in [0.15, 0.2) is 35.3 Å². The zero-order chi connectivity index (χ0) is 15.5. The second-order valence-electron chi connectivity index (χ2n) is 5.18. The molecular weight excluding hydrogens is 316 g/mol. The molecule has 1 aliphatic carbocycles. The lowest BCUT2D eigenvalue weighted by atomic mass is 10.4. The fourth-order valence-electron chi connectivity index (χ4n) is 2.12. The summed E-state index contributed by atoms with van der Waals surface area (Å²) in [6.07, 6.45) is 3.99. The number of hydrogen-bond acceptors (Lipinski definition) is 5. The molecule has 1 aliphatic rings. The lowest BCUT2D eigenvalue weighted by molar-refractivity contribution is -0.120. The van der Waals surface area contributed by atoms with E-state index in [4.69, 9.17) is 0 Å². The van der Waals surface area contributed by atoms with Crippen LogP contribution < -0.4 is 5.32 Å². The maximum atomic E-state index is 12.0. The Kier molecular flexibility index (Phi) is 4.63. The molecule has 0 aromatic carbocycles. The standard InChI is InChI=1S/C15H18N4OS2/c1-3-8-16-14(20)10(2)22-15-18-17-13(12-5-4-9-21-12)19(15)11-6-7-11/h3-5,9-11H,1,6-8H2,2H3,(H,16,20)/t10-/m1/s1. The number of thioether (sulfide) groups is 1. The molecule has 1 saturated carbocycles. The molecule has 1 amide bonds. The lowest BCUT2D eigenvalue weighted by Gasteiger charge is -2.12. The molecule has 0 unspecified atom stereocenters. The van der Waals surface area contributed by atoms with Crippen molar-refractivity contribution in [3.63, 3.8) is 0 Å². The second-order valence-corrected chi connectivity index (χ2v) is 7.43. The first-order valence-electron chi connectivity index (χ1n) is 7.24. The summed E-state index contributed by atoms with van der Waals surface area (Å²) in [4.78, 5) is 13.1. The molecule has 0 radical (unpaired) electrons. The summed E-state index contributed by atoms with van der Waals surface area (Å²) in [7, 11) is 0. The van der Waals surface area contributed by atoms with Crippen LogP contribution in [0.2, 0.25) is 0 Å². The summed E-state index contributed by atoms with van der Waals surface area (Å²) in [6, 6.07) is 4.55. The minimum Gasteiger partial charge on any atom is -0.352 e. The van der Waals surface area contributed by atoms with Crippen molar-refractivity contribution in [1.29, 1.82) is 0 Å². The van der Waals surface area contributed by atoms with Crippen LogP contribution in [0, 0.1) is 0 Å². The maximum Gasteiger partial charge on any atom is 0.233 e. The van der Waals surface area contributed by atoms with Gasteiger partial charge in [0, 0.05) is 12.6 Å². The molecule has 5 nitrogen and oxygen atoms in total. The van der Waals surface area contributed by atoms with Gasteiger partial charge in [-0.2, -0.15) is 0 Å². The zero-order valence-corrected chi connectivity index (χ0v) is 14.0. The Balaban J connectivity index is 1.79. The van der Waals surface area contributed by atoms with Crippen molar-refractivity contribution in [3.8, 4) is 10.7 Å². The van der Waals surface area contributed by atoms with Crippen molar-refractivity contribution in [2.24, 2.45) is 0 Å². The summed E-state index contributed by atoms with van der Waals surface area (Å²) in [6.45, 7) is 5.98. The molecule has 1 atom stereocenters. The SMILES string of the molecule is C=CCNC(=O)[C@@H](C)Sc1nnc(-c2cccs2)n1C1CC1. The van der Waals surface area contributed by atoms with Gasteiger partial charge in [-0.25, -0.2) is 0 Å². The number of hydrogen-bond donors (Lipinski definition) is 1. The van der Waals surface area contributed by atoms with Crippen molar-refractivity contribution in [1.82, 2.24) is 20.1 Å². The van der Waals surface area contributed by atoms with Gasteiger partial charge < -0.3 is 5.32 Å². The molecule has 0 spiro atoms. The van der Waals surface area contributed by atoms with E-state index in [1.54, 1.807) is 17.4 Å². The number of rotatable bonds is 7. The number of aromatic nitrogens is 3. The van der Waals surface area contributed by atoms with Gasteiger partial charge in [-0.05, 0) is 31.2 Å². The van der Waals surface area contributed by atoms with Gasteiger partial charge in [0.1, 0.15) is 0 Å². The van der Waals surface area contributed by atoms with Crippen LogP contribution in [0.4, 0.5) is 0 Å². The predicted molar refractivity (Wildman–Crippen MR) is 90.1 cm³/mol. The molecule has 2 aromatic heterocycles. The van der Waals surface area contributed by atoms with E-state index in [2.05, 4.69) is 32.7 Å². The molecule has 1 N–H and O–H groups in total. The minimum atomic E-state index is -0.210. The number of carbonyl (C=O) groups is 1. The molecule has 116 valence electrons. The predicted octanol–water partition coefficient (Wildman–Crippen LogP) is 3.12. The molecule has 1 fully saturated rings. The van der Waals surface area contributed by atoms with Crippen LogP contribution in [0.5, 0.6) is 0 Å². The Hall–Kier alpha value is -1.60. The quantitative estimate of drug-likeness (QED) is 0.624. The highest BCUT2D eigenvalue weighted by molar-refractivity contribution is 8.00. The Morgan fingerprint density at radius 3 is 3.09 bits per heavy atom. The number of thiophene rings is 1. The fourth-order valence-corrected chi connectivity index (χ4v) is 3.77. The van der Waals surface area contributed by atoms with Crippen molar-refractivity contribution in [2.75, 3.05) is 6.54 Å². The first-order chi connectivity index (χ1) is 10.7. The van der Waals surface area contributed by atoms with Crippen molar-refractivity contribution >= 4 is 29.0 Å². The minimum absolute atomic E-state index is 0.00656. The Morgan fingerprint density at radius 1 is 1.64 bits per heavy atom. The Labute approximate surface area is 137 Å². The molecule has 0 bridgehead atoms. The monoisotopic (exact) mass is 334 g/mol. The third-order valence-corrected chi connectivity index (χ3v) is 5.31. The average molecular weight is 334 g/mol. The summed E-state index contributed by atoms with van der Waals surface area (Å²) in [5, 5.41) is 14.1. The van der Waals surface area contributed by atoms with Crippen LogP contribution in [0.3, 0.4) is 0 Å². The van der Waals surface area contributed by atoms with Gasteiger partial charge in [-0.15, -0.1) is 28.1 Å². The van der Waals surface area contributed by atoms with E-state index in [0.29, 0.717) is 12.6 Å². The summed E-state index contributed by atoms with van der Waals surface area (Å²) < 4.78 is 2.19. The highest BCUT2D eigenvalue weighted by Crippen LogP contribution is 2.42. The molecule has 0 aliphatic heterocycles.